The van der Waals surface area contributed by atoms with Gasteiger partial charge in [-0.3, -0.25) is 4.90 Å². The second-order valence-corrected chi connectivity index (χ2v) is 6.77. The smallest absolute Gasteiger partial charge is 0.0772 e. The molecule has 0 aromatic heterocycles. The van der Waals surface area contributed by atoms with Gasteiger partial charge in [0, 0.05) is 42.4 Å². The molecule has 2 atom stereocenters. The van der Waals surface area contributed by atoms with Crippen molar-refractivity contribution in [3.63, 3.8) is 0 Å². The summed E-state index contributed by atoms with van der Waals surface area (Å²) >= 11 is 3.57. The molecule has 0 aliphatic carbocycles. The number of hydrogen-bond donors (Lipinski definition) is 1. The van der Waals surface area contributed by atoms with E-state index >= 15 is 0 Å². The number of morpholine rings is 1. The first-order chi connectivity index (χ1) is 10.1. The van der Waals surface area contributed by atoms with Crippen molar-refractivity contribution < 1.29 is 9.84 Å². The maximum absolute atomic E-state index is 9.71. The minimum Gasteiger partial charge on any atom is -0.389 e. The van der Waals surface area contributed by atoms with Gasteiger partial charge in [0.25, 0.3) is 0 Å². The first kappa shape index (κ1) is 15.3. The summed E-state index contributed by atoms with van der Waals surface area (Å²) < 4.78 is 6.43. The third kappa shape index (κ3) is 3.42. The van der Waals surface area contributed by atoms with E-state index in [-0.39, 0.29) is 0 Å². The Kier molecular flexibility index (Phi) is 4.84. The van der Waals surface area contributed by atoms with Crippen LogP contribution < -0.4 is 4.90 Å². The van der Waals surface area contributed by atoms with Crippen LogP contribution in [0.2, 0.25) is 0 Å². The minimum absolute atomic E-state index is 0.437. The molecule has 0 bridgehead atoms. The molecule has 0 amide bonds. The molecule has 4 nitrogen and oxygen atoms in total. The molecule has 1 aromatic rings. The molecule has 2 aliphatic rings. The zero-order valence-corrected chi connectivity index (χ0v) is 14.1. The van der Waals surface area contributed by atoms with E-state index in [9.17, 15) is 5.11 Å². The predicted octanol–water partition coefficient (Wildman–Crippen LogP) is 2.41. The van der Waals surface area contributed by atoms with Crippen molar-refractivity contribution >= 4 is 21.6 Å². The molecule has 21 heavy (non-hydrogen) atoms. The maximum Gasteiger partial charge on any atom is 0.0772 e. The summed E-state index contributed by atoms with van der Waals surface area (Å²) in [6, 6.07) is 6.91. The lowest BCUT2D eigenvalue weighted by Crippen LogP contribution is -2.44. The molecule has 116 valence electrons. The first-order valence-electron chi connectivity index (χ1n) is 7.69. The monoisotopic (exact) mass is 354 g/mol. The van der Waals surface area contributed by atoms with Crippen molar-refractivity contribution in [1.82, 2.24) is 4.90 Å². The van der Waals surface area contributed by atoms with Crippen LogP contribution in [0.4, 0.5) is 5.69 Å². The van der Waals surface area contributed by atoms with Crippen LogP contribution in [0.15, 0.2) is 22.7 Å². The number of aliphatic hydroxyl groups is 1. The Balaban J connectivity index is 1.67. The summed E-state index contributed by atoms with van der Waals surface area (Å²) in [5.74, 6) is 0. The molecule has 3 rings (SSSR count). The fourth-order valence-corrected chi connectivity index (χ4v) is 3.97. The molecule has 0 saturated carbocycles. The molecule has 1 aromatic carbocycles. The van der Waals surface area contributed by atoms with Gasteiger partial charge in [0.1, 0.15) is 0 Å². The summed E-state index contributed by atoms with van der Waals surface area (Å²) in [7, 11) is 0. The minimum atomic E-state index is -0.437. The topological polar surface area (TPSA) is 35.9 Å². The quantitative estimate of drug-likeness (QED) is 0.904. The predicted molar refractivity (Wildman–Crippen MR) is 87.8 cm³/mol. The summed E-state index contributed by atoms with van der Waals surface area (Å²) in [4.78, 5) is 5.00. The Morgan fingerprint density at radius 2 is 2.05 bits per heavy atom. The van der Waals surface area contributed by atoms with Crippen LogP contribution >= 0.6 is 15.9 Å². The maximum atomic E-state index is 9.71. The third-order valence-corrected chi connectivity index (χ3v) is 5.21. The van der Waals surface area contributed by atoms with Gasteiger partial charge in [-0.25, -0.2) is 0 Å². The van der Waals surface area contributed by atoms with Crippen LogP contribution in [0.5, 0.6) is 0 Å². The molecule has 2 heterocycles. The van der Waals surface area contributed by atoms with Gasteiger partial charge in [-0.2, -0.15) is 0 Å². The van der Waals surface area contributed by atoms with E-state index in [1.807, 2.05) is 6.07 Å². The Hall–Kier alpha value is -0.620. The van der Waals surface area contributed by atoms with E-state index in [1.54, 1.807) is 6.92 Å². The average Bonchev–Trinajstić information content (AvgIpc) is 2.97. The molecule has 2 aliphatic heterocycles. The molecule has 2 saturated heterocycles. The number of benzene rings is 1. The molecular formula is C16H23BrN2O2. The SMILES string of the molecule is C[C@@H](O)c1ccc(N2CCC(N3CCOCC3)C2)cc1Br. The molecule has 1 unspecified atom stereocenters. The zero-order valence-electron chi connectivity index (χ0n) is 12.5. The van der Waals surface area contributed by atoms with Gasteiger partial charge in [0.2, 0.25) is 0 Å². The number of rotatable bonds is 3. The molecule has 0 spiro atoms. The van der Waals surface area contributed by atoms with Gasteiger partial charge in [0.15, 0.2) is 0 Å². The largest absolute Gasteiger partial charge is 0.389 e. The molecular weight excluding hydrogens is 332 g/mol. The standard InChI is InChI=1S/C16H23BrN2O2/c1-12(20)15-3-2-13(10-16(15)17)19-5-4-14(11-19)18-6-8-21-9-7-18/h2-3,10,12,14,20H,4-9,11H2,1H3/t12-,14?/m1/s1. The van der Waals surface area contributed by atoms with Crippen molar-refractivity contribution in [3.05, 3.63) is 28.2 Å². The molecule has 2 fully saturated rings. The molecule has 1 N–H and O–H groups in total. The second kappa shape index (κ2) is 6.65. The third-order valence-electron chi connectivity index (χ3n) is 4.52. The first-order valence-corrected chi connectivity index (χ1v) is 8.48. The Labute approximate surface area is 134 Å². The normalized spacial score (nSPS) is 25.3. The molecule has 5 heteroatoms. The van der Waals surface area contributed by atoms with Gasteiger partial charge >= 0.3 is 0 Å². The van der Waals surface area contributed by atoms with Crippen LogP contribution in [-0.4, -0.2) is 55.4 Å². The highest BCUT2D eigenvalue weighted by Gasteiger charge is 2.29. The van der Waals surface area contributed by atoms with E-state index in [0.29, 0.717) is 6.04 Å². The average molecular weight is 355 g/mol. The van der Waals surface area contributed by atoms with E-state index in [2.05, 4.69) is 37.9 Å². The Bertz CT molecular complexity index is 489. The van der Waals surface area contributed by atoms with Crippen LogP contribution in [0.1, 0.15) is 25.0 Å². The summed E-state index contributed by atoms with van der Waals surface area (Å²) in [6.07, 6.45) is 0.781. The fraction of sp³-hybridized carbons (Fsp3) is 0.625. The van der Waals surface area contributed by atoms with Crippen molar-refractivity contribution in [1.29, 1.82) is 0 Å². The van der Waals surface area contributed by atoms with Gasteiger partial charge in [0.05, 0.1) is 19.3 Å². The highest BCUT2D eigenvalue weighted by atomic mass is 79.9. The number of nitrogens with zero attached hydrogens (tertiary/aromatic N) is 2. The van der Waals surface area contributed by atoms with E-state index < -0.39 is 6.10 Å². The van der Waals surface area contributed by atoms with Crippen molar-refractivity contribution in [2.45, 2.75) is 25.5 Å². The van der Waals surface area contributed by atoms with Crippen molar-refractivity contribution in [2.24, 2.45) is 0 Å². The van der Waals surface area contributed by atoms with Crippen LogP contribution in [0.3, 0.4) is 0 Å². The van der Waals surface area contributed by atoms with Crippen molar-refractivity contribution in [2.75, 3.05) is 44.3 Å². The van der Waals surface area contributed by atoms with E-state index in [4.69, 9.17) is 4.74 Å². The van der Waals surface area contributed by atoms with Crippen LogP contribution in [0.25, 0.3) is 0 Å². The lowest BCUT2D eigenvalue weighted by molar-refractivity contribution is 0.0209. The highest BCUT2D eigenvalue weighted by molar-refractivity contribution is 9.10. The number of hydrogen-bond acceptors (Lipinski definition) is 4. The number of anilines is 1. The van der Waals surface area contributed by atoms with Crippen molar-refractivity contribution in [3.8, 4) is 0 Å². The number of halogens is 1. The summed E-state index contributed by atoms with van der Waals surface area (Å²) in [5.41, 5.74) is 2.18. The lowest BCUT2D eigenvalue weighted by Gasteiger charge is -2.32. The van der Waals surface area contributed by atoms with E-state index in [0.717, 1.165) is 49.4 Å². The van der Waals surface area contributed by atoms with Crippen LogP contribution in [-0.2, 0) is 4.74 Å². The van der Waals surface area contributed by atoms with E-state index in [1.165, 1.54) is 12.1 Å². The van der Waals surface area contributed by atoms with Gasteiger partial charge < -0.3 is 14.7 Å². The number of ether oxygens (including phenoxy) is 1. The number of aliphatic hydroxyl groups excluding tert-OH is 1. The zero-order chi connectivity index (χ0) is 14.8. The van der Waals surface area contributed by atoms with Gasteiger partial charge in [-0.05, 0) is 31.0 Å². The summed E-state index contributed by atoms with van der Waals surface area (Å²) in [5, 5.41) is 9.71. The van der Waals surface area contributed by atoms with Gasteiger partial charge in [-0.15, -0.1) is 0 Å². The Morgan fingerprint density at radius 1 is 1.29 bits per heavy atom. The Morgan fingerprint density at radius 3 is 2.71 bits per heavy atom. The molecule has 0 radical (unpaired) electrons. The van der Waals surface area contributed by atoms with Gasteiger partial charge in [-0.1, -0.05) is 22.0 Å². The second-order valence-electron chi connectivity index (χ2n) is 5.92. The van der Waals surface area contributed by atoms with Crippen LogP contribution in [0, 0.1) is 0 Å². The summed E-state index contributed by atoms with van der Waals surface area (Å²) in [6.45, 7) is 7.83. The highest BCUT2D eigenvalue weighted by Crippen LogP contribution is 2.30. The lowest BCUT2D eigenvalue weighted by atomic mass is 10.1. The fourth-order valence-electron chi connectivity index (χ4n) is 3.27.